The number of carbonyl (C=O) groups excluding carboxylic acids is 2. The minimum atomic E-state index is -1.42. The van der Waals surface area contributed by atoms with E-state index in [0.717, 1.165) is 5.56 Å². The average molecular weight is 505 g/mol. The molecule has 0 spiro atoms. The van der Waals surface area contributed by atoms with Crippen LogP contribution in [-0.2, 0) is 4.79 Å². The number of hydrogen-bond acceptors (Lipinski definition) is 8. The van der Waals surface area contributed by atoms with Gasteiger partial charge in [-0.2, -0.15) is 5.10 Å². The Bertz CT molecular complexity index is 1470. The van der Waals surface area contributed by atoms with Gasteiger partial charge in [0, 0.05) is 29.1 Å². The van der Waals surface area contributed by atoms with E-state index in [4.69, 9.17) is 19.7 Å². The van der Waals surface area contributed by atoms with Gasteiger partial charge >= 0.3 is 5.97 Å². The van der Waals surface area contributed by atoms with Crippen LogP contribution >= 0.6 is 0 Å². The predicted octanol–water partition coefficient (Wildman–Crippen LogP) is 1.84. The number of ether oxygens (including phenoxy) is 2. The summed E-state index contributed by atoms with van der Waals surface area (Å²) >= 11 is 0. The summed E-state index contributed by atoms with van der Waals surface area (Å²) in [6.07, 6.45) is 1.61. The second-order valence-corrected chi connectivity index (χ2v) is 7.78. The zero-order chi connectivity index (χ0) is 26.5. The Labute approximate surface area is 210 Å². The first-order chi connectivity index (χ1) is 17.8. The summed E-state index contributed by atoms with van der Waals surface area (Å²) in [5.41, 5.74) is 2.59. The van der Waals surface area contributed by atoms with Crippen molar-refractivity contribution in [3.05, 3.63) is 72.1 Å². The second-order valence-electron chi connectivity index (χ2n) is 7.78. The number of methoxy groups -OCH3 is 2. The molecule has 12 nitrogen and oxygen atoms in total. The highest BCUT2D eigenvalue weighted by molar-refractivity contribution is 6.04. The minimum absolute atomic E-state index is 0.120. The van der Waals surface area contributed by atoms with Crippen LogP contribution in [0.15, 0.2) is 60.8 Å². The molecule has 0 radical (unpaired) electrons. The van der Waals surface area contributed by atoms with Crippen molar-refractivity contribution in [2.45, 2.75) is 6.04 Å². The summed E-state index contributed by atoms with van der Waals surface area (Å²) in [5.74, 6) is -1.39. The summed E-state index contributed by atoms with van der Waals surface area (Å²) in [6, 6.07) is 13.1. The largest absolute Gasteiger partial charge is 0.493 e. The molecule has 4 rings (SSSR count). The molecule has 4 N–H and O–H groups in total. The molecule has 37 heavy (non-hydrogen) atoms. The number of aliphatic carboxylic acids is 1. The maximum atomic E-state index is 12.9. The summed E-state index contributed by atoms with van der Waals surface area (Å²) in [4.78, 5) is 40.3. The number of anilines is 1. The van der Waals surface area contributed by atoms with E-state index >= 15 is 0 Å². The molecule has 0 unspecified atom stereocenters. The van der Waals surface area contributed by atoms with E-state index in [1.807, 2.05) is 6.07 Å². The lowest BCUT2D eigenvalue weighted by Crippen LogP contribution is -2.43. The van der Waals surface area contributed by atoms with Gasteiger partial charge in [0.15, 0.2) is 28.9 Å². The molecule has 190 valence electrons. The molecule has 0 aliphatic heterocycles. The zero-order valence-electron chi connectivity index (χ0n) is 19.8. The lowest BCUT2D eigenvalue weighted by atomic mass is 10.1. The molecule has 1 atom stereocenters. The highest BCUT2D eigenvalue weighted by Crippen LogP contribution is 2.32. The Hall–Kier alpha value is -4.97. The number of aliphatic hydroxyl groups excluding tert-OH is 1. The molecule has 4 aromatic rings. The fourth-order valence-corrected chi connectivity index (χ4v) is 3.55. The molecule has 2 aromatic heterocycles. The van der Waals surface area contributed by atoms with E-state index in [9.17, 15) is 14.4 Å². The van der Waals surface area contributed by atoms with E-state index in [0.29, 0.717) is 28.5 Å². The maximum absolute atomic E-state index is 12.9. The maximum Gasteiger partial charge on any atom is 0.328 e. The smallest absolute Gasteiger partial charge is 0.328 e. The number of carbonyl (C=O) groups is 3. The molecule has 0 aliphatic carbocycles. The Morgan fingerprint density at radius 1 is 0.973 bits per heavy atom. The van der Waals surface area contributed by atoms with E-state index in [2.05, 4.69) is 20.7 Å². The highest BCUT2D eigenvalue weighted by atomic mass is 16.5. The number of benzene rings is 2. The van der Waals surface area contributed by atoms with Gasteiger partial charge in [-0.15, -0.1) is 0 Å². The Kier molecular flexibility index (Phi) is 7.30. The minimum Gasteiger partial charge on any atom is -0.493 e. The van der Waals surface area contributed by atoms with Gasteiger partial charge in [-0.1, -0.05) is 0 Å². The molecule has 2 aromatic carbocycles. The van der Waals surface area contributed by atoms with E-state index in [1.54, 1.807) is 49.2 Å². The van der Waals surface area contributed by atoms with Crippen molar-refractivity contribution < 1.29 is 34.1 Å². The van der Waals surface area contributed by atoms with Crippen LogP contribution in [0.3, 0.4) is 0 Å². The topological polar surface area (TPSA) is 164 Å². The summed E-state index contributed by atoms with van der Waals surface area (Å²) in [5, 5.41) is 27.3. The van der Waals surface area contributed by atoms with Crippen molar-refractivity contribution >= 4 is 29.1 Å². The van der Waals surface area contributed by atoms with Gasteiger partial charge in [0.05, 0.1) is 26.5 Å². The first-order valence-corrected chi connectivity index (χ1v) is 11.0. The fraction of sp³-hybridized carbons (Fsp3) is 0.160. The van der Waals surface area contributed by atoms with Gasteiger partial charge < -0.3 is 30.3 Å². The molecular weight excluding hydrogens is 482 g/mol. The quantitative estimate of drug-likeness (QED) is 0.266. The molecule has 0 aliphatic rings. The number of aliphatic hydroxyl groups is 1. The standard InChI is InChI=1S/C25H23N5O7/c1-36-20-8-5-15(11-21(20)37-2)19-9-10-26-22-12-17(29-30(19)22)24(33)27-16-6-3-14(4-7-16)23(32)28-18(13-31)25(34)35/h3-12,18,31H,13H2,1-2H3,(H,27,33)(H,28,32)(H,34,35)/t18-/m0/s1. The molecule has 0 fully saturated rings. The Balaban J connectivity index is 1.53. The van der Waals surface area contributed by atoms with Crippen molar-refractivity contribution in [3.63, 3.8) is 0 Å². The number of aromatic nitrogens is 3. The van der Waals surface area contributed by atoms with Crippen LogP contribution in [0.5, 0.6) is 11.5 Å². The van der Waals surface area contributed by atoms with Gasteiger partial charge in [0.25, 0.3) is 11.8 Å². The van der Waals surface area contributed by atoms with E-state index in [-0.39, 0.29) is 11.3 Å². The summed E-state index contributed by atoms with van der Waals surface area (Å²) in [6.45, 7) is -0.739. The number of hydrogen-bond donors (Lipinski definition) is 4. The number of carboxylic acid groups (broad SMARTS) is 1. The summed E-state index contributed by atoms with van der Waals surface area (Å²) in [7, 11) is 3.09. The lowest BCUT2D eigenvalue weighted by Gasteiger charge is -2.12. The SMILES string of the molecule is COc1ccc(-c2ccnc3cc(C(=O)Nc4ccc(C(=O)N[C@@H](CO)C(=O)O)cc4)nn23)cc1OC. The normalized spacial score (nSPS) is 11.5. The van der Waals surface area contributed by atoms with Crippen LogP contribution in [-0.4, -0.2) is 69.5 Å². The lowest BCUT2D eigenvalue weighted by molar-refractivity contribution is -0.140. The Morgan fingerprint density at radius 3 is 2.35 bits per heavy atom. The molecule has 2 heterocycles. The number of amides is 2. The van der Waals surface area contributed by atoms with Crippen LogP contribution in [0.25, 0.3) is 16.9 Å². The van der Waals surface area contributed by atoms with Crippen LogP contribution < -0.4 is 20.1 Å². The van der Waals surface area contributed by atoms with Crippen LogP contribution in [0.2, 0.25) is 0 Å². The number of nitrogens with one attached hydrogen (secondary N) is 2. The van der Waals surface area contributed by atoms with Crippen molar-refractivity contribution in [1.82, 2.24) is 19.9 Å². The van der Waals surface area contributed by atoms with Gasteiger partial charge in [0.1, 0.15) is 0 Å². The highest BCUT2D eigenvalue weighted by Gasteiger charge is 2.20. The molecular formula is C25H23N5O7. The van der Waals surface area contributed by atoms with Crippen LogP contribution in [0.1, 0.15) is 20.8 Å². The summed E-state index contributed by atoms with van der Waals surface area (Å²) < 4.78 is 12.2. The first kappa shape index (κ1) is 25.1. The number of carboxylic acids is 1. The monoisotopic (exact) mass is 505 g/mol. The molecule has 0 saturated heterocycles. The molecule has 0 bridgehead atoms. The molecule has 12 heteroatoms. The third-order valence-electron chi connectivity index (χ3n) is 5.46. The molecule has 2 amide bonds. The Morgan fingerprint density at radius 2 is 1.70 bits per heavy atom. The third-order valence-corrected chi connectivity index (χ3v) is 5.46. The van der Waals surface area contributed by atoms with Crippen LogP contribution in [0.4, 0.5) is 5.69 Å². The zero-order valence-corrected chi connectivity index (χ0v) is 19.8. The van der Waals surface area contributed by atoms with E-state index in [1.165, 1.54) is 24.3 Å². The number of nitrogens with zero attached hydrogens (tertiary/aromatic N) is 3. The fourth-order valence-electron chi connectivity index (χ4n) is 3.55. The van der Waals surface area contributed by atoms with Crippen molar-refractivity contribution in [2.75, 3.05) is 26.1 Å². The van der Waals surface area contributed by atoms with Gasteiger partial charge in [-0.05, 0) is 48.5 Å². The number of rotatable bonds is 9. The number of fused-ring (bicyclic) bond motifs is 1. The second kappa shape index (κ2) is 10.7. The van der Waals surface area contributed by atoms with E-state index < -0.39 is 30.4 Å². The van der Waals surface area contributed by atoms with Crippen molar-refractivity contribution in [3.8, 4) is 22.8 Å². The van der Waals surface area contributed by atoms with Gasteiger partial charge in [-0.25, -0.2) is 14.3 Å². The first-order valence-electron chi connectivity index (χ1n) is 11.0. The third kappa shape index (κ3) is 5.33. The van der Waals surface area contributed by atoms with Gasteiger partial charge in [-0.3, -0.25) is 9.59 Å². The molecule has 0 saturated carbocycles. The average Bonchev–Trinajstić information content (AvgIpc) is 3.36. The van der Waals surface area contributed by atoms with Gasteiger partial charge in [0.2, 0.25) is 0 Å². The van der Waals surface area contributed by atoms with Crippen molar-refractivity contribution in [1.29, 1.82) is 0 Å². The predicted molar refractivity (Wildman–Crippen MR) is 132 cm³/mol. The van der Waals surface area contributed by atoms with Crippen LogP contribution in [0, 0.1) is 0 Å². The van der Waals surface area contributed by atoms with Crippen molar-refractivity contribution in [2.24, 2.45) is 0 Å².